The number of carboxylic acids is 2. The minimum absolute atomic E-state index is 0.165. The Bertz CT molecular complexity index is 497. The van der Waals surface area contributed by atoms with E-state index in [0.29, 0.717) is 0 Å². The van der Waals surface area contributed by atoms with Gasteiger partial charge in [0.15, 0.2) is 0 Å². The molecule has 3 unspecified atom stereocenters. The molecule has 3 atom stereocenters. The summed E-state index contributed by atoms with van der Waals surface area (Å²) in [5, 5.41) is 19.3. The van der Waals surface area contributed by atoms with Gasteiger partial charge in [-0.25, -0.2) is 0 Å². The zero-order valence-electron chi connectivity index (χ0n) is 10.2. The lowest BCUT2D eigenvalue weighted by Gasteiger charge is -2.23. The van der Waals surface area contributed by atoms with Crippen LogP contribution in [0.4, 0.5) is 0 Å². The molecule has 0 saturated heterocycles. The highest BCUT2D eigenvalue weighted by Gasteiger charge is 2.39. The second-order valence-corrected chi connectivity index (χ2v) is 7.98. The molecular formula is C11H15O6PS. The van der Waals surface area contributed by atoms with Crippen LogP contribution in [0.15, 0.2) is 17.5 Å². The van der Waals surface area contributed by atoms with E-state index >= 15 is 0 Å². The first-order valence-electron chi connectivity index (χ1n) is 5.58. The van der Waals surface area contributed by atoms with Gasteiger partial charge in [0.2, 0.25) is 7.37 Å². The van der Waals surface area contributed by atoms with E-state index in [2.05, 4.69) is 0 Å². The van der Waals surface area contributed by atoms with Gasteiger partial charge < -0.3 is 15.1 Å². The Balaban J connectivity index is 2.93. The van der Waals surface area contributed by atoms with Crippen molar-refractivity contribution in [3.8, 4) is 0 Å². The fourth-order valence-corrected chi connectivity index (χ4v) is 4.95. The number of hydrogen-bond donors (Lipinski definition) is 3. The van der Waals surface area contributed by atoms with Crippen LogP contribution in [-0.2, 0) is 14.2 Å². The first-order valence-corrected chi connectivity index (χ1v) is 8.18. The maximum absolute atomic E-state index is 12.3. The van der Waals surface area contributed by atoms with Crippen LogP contribution in [-0.4, -0.2) is 32.7 Å². The van der Waals surface area contributed by atoms with Crippen molar-refractivity contribution in [3.05, 3.63) is 17.5 Å². The molecule has 6 nitrogen and oxygen atoms in total. The summed E-state index contributed by atoms with van der Waals surface area (Å²) < 4.78 is 12.6. The lowest BCUT2D eigenvalue weighted by atomic mass is 10.0. The summed E-state index contributed by atoms with van der Waals surface area (Å²) >= 11 is 1.09. The van der Waals surface area contributed by atoms with Gasteiger partial charge in [0, 0.05) is 6.42 Å². The van der Waals surface area contributed by atoms with E-state index in [-0.39, 0.29) is 17.5 Å². The van der Waals surface area contributed by atoms with E-state index in [9.17, 15) is 19.0 Å². The largest absolute Gasteiger partial charge is 0.481 e. The van der Waals surface area contributed by atoms with E-state index in [4.69, 9.17) is 10.2 Å². The molecule has 0 aliphatic carbocycles. The highest BCUT2D eigenvalue weighted by Crippen LogP contribution is 2.50. The van der Waals surface area contributed by atoms with E-state index in [1.807, 2.05) is 0 Å². The van der Waals surface area contributed by atoms with Crippen molar-refractivity contribution in [1.29, 1.82) is 0 Å². The van der Waals surface area contributed by atoms with Crippen LogP contribution in [0.3, 0.4) is 0 Å². The van der Waals surface area contributed by atoms with E-state index < -0.39 is 30.9 Å². The molecule has 1 aromatic heterocycles. The summed E-state index contributed by atoms with van der Waals surface area (Å²) in [5.74, 6) is -3.53. The van der Waals surface area contributed by atoms with Gasteiger partial charge in [-0.15, -0.1) is 11.3 Å². The Labute approximate surface area is 114 Å². The zero-order valence-corrected chi connectivity index (χ0v) is 11.9. The number of hydrogen-bond acceptors (Lipinski definition) is 4. The first-order chi connectivity index (χ1) is 8.76. The molecule has 0 aliphatic rings. The van der Waals surface area contributed by atoms with Gasteiger partial charge in [-0.1, -0.05) is 13.0 Å². The average Bonchev–Trinajstić information content (AvgIpc) is 2.81. The number of rotatable bonds is 7. The average molecular weight is 306 g/mol. The molecule has 0 amide bonds. The number of carboxylic acid groups (broad SMARTS) is 2. The molecule has 0 bridgehead atoms. The van der Waals surface area contributed by atoms with E-state index in [1.54, 1.807) is 11.4 Å². The molecule has 0 radical (unpaired) electrons. The van der Waals surface area contributed by atoms with Gasteiger partial charge in [-0.3, -0.25) is 14.2 Å². The van der Waals surface area contributed by atoms with Crippen LogP contribution in [0, 0.1) is 5.92 Å². The standard InChI is InChI=1S/C11H15O6PS/c1-7(8(11(14)15)4-5-9(12)13)18(16,17)10-3-2-6-19-10/h2-3,6-8H,4-5H2,1H3,(H,12,13)(H,14,15)(H,16,17). The van der Waals surface area contributed by atoms with Crippen LogP contribution < -0.4 is 4.62 Å². The second-order valence-electron chi connectivity index (χ2n) is 4.19. The Kier molecular flexibility index (Phi) is 5.29. The molecule has 0 fully saturated rings. The predicted molar refractivity (Wildman–Crippen MR) is 71.2 cm³/mol. The monoisotopic (exact) mass is 306 g/mol. The molecule has 1 aromatic rings. The number of carbonyl (C=O) groups is 2. The summed E-state index contributed by atoms with van der Waals surface area (Å²) in [5.41, 5.74) is -1.03. The van der Waals surface area contributed by atoms with Crippen molar-refractivity contribution >= 4 is 35.3 Å². The summed E-state index contributed by atoms with van der Waals surface area (Å²) in [7, 11) is -3.81. The lowest BCUT2D eigenvalue weighted by molar-refractivity contribution is -0.142. The van der Waals surface area contributed by atoms with E-state index in [0.717, 1.165) is 11.3 Å². The topological polar surface area (TPSA) is 112 Å². The fourth-order valence-electron chi connectivity index (χ4n) is 1.75. The molecule has 0 saturated carbocycles. The van der Waals surface area contributed by atoms with Gasteiger partial charge in [0.1, 0.15) is 0 Å². The van der Waals surface area contributed by atoms with Crippen LogP contribution in [0.2, 0.25) is 0 Å². The first kappa shape index (κ1) is 15.9. The van der Waals surface area contributed by atoms with Crippen molar-refractivity contribution in [1.82, 2.24) is 0 Å². The van der Waals surface area contributed by atoms with Crippen molar-refractivity contribution < 1.29 is 29.3 Å². The fraction of sp³-hybridized carbons (Fsp3) is 0.455. The smallest absolute Gasteiger partial charge is 0.307 e. The highest BCUT2D eigenvalue weighted by atomic mass is 32.1. The van der Waals surface area contributed by atoms with Crippen LogP contribution in [0.1, 0.15) is 19.8 Å². The number of thiophene rings is 1. The van der Waals surface area contributed by atoms with Gasteiger partial charge in [0.25, 0.3) is 0 Å². The molecule has 1 rings (SSSR count). The van der Waals surface area contributed by atoms with Gasteiger partial charge >= 0.3 is 11.9 Å². The second kappa shape index (κ2) is 6.32. The maximum atomic E-state index is 12.3. The van der Waals surface area contributed by atoms with Crippen LogP contribution in [0.25, 0.3) is 0 Å². The van der Waals surface area contributed by atoms with Crippen molar-refractivity contribution in [2.24, 2.45) is 5.92 Å². The summed E-state index contributed by atoms with van der Waals surface area (Å²) in [6.45, 7) is 1.38. The third kappa shape index (κ3) is 3.89. The molecule has 8 heteroatoms. The predicted octanol–water partition coefficient (Wildman–Crippen LogP) is 1.60. The van der Waals surface area contributed by atoms with Crippen LogP contribution in [0.5, 0.6) is 0 Å². The maximum Gasteiger partial charge on any atom is 0.307 e. The normalized spacial score (nSPS) is 17.4. The quantitative estimate of drug-likeness (QED) is 0.660. The Morgan fingerprint density at radius 2 is 2.05 bits per heavy atom. The Morgan fingerprint density at radius 3 is 2.47 bits per heavy atom. The molecule has 3 N–H and O–H groups in total. The third-order valence-electron chi connectivity index (χ3n) is 2.94. The summed E-state index contributed by atoms with van der Waals surface area (Å²) in [6.07, 6.45) is -0.506. The molecular weight excluding hydrogens is 291 g/mol. The Morgan fingerprint density at radius 1 is 1.42 bits per heavy atom. The highest BCUT2D eigenvalue weighted by molar-refractivity contribution is 7.72. The molecule has 106 valence electrons. The van der Waals surface area contributed by atoms with Crippen LogP contribution >= 0.6 is 18.7 Å². The summed E-state index contributed by atoms with van der Waals surface area (Å²) in [4.78, 5) is 31.7. The molecule has 0 aromatic carbocycles. The van der Waals surface area contributed by atoms with Gasteiger partial charge in [-0.05, 0) is 17.9 Å². The number of aliphatic carboxylic acids is 2. The minimum atomic E-state index is -3.81. The zero-order chi connectivity index (χ0) is 14.6. The molecule has 19 heavy (non-hydrogen) atoms. The molecule has 0 aliphatic heterocycles. The molecule has 1 heterocycles. The molecule has 0 spiro atoms. The van der Waals surface area contributed by atoms with Crippen molar-refractivity contribution in [2.45, 2.75) is 25.4 Å². The van der Waals surface area contributed by atoms with Crippen molar-refractivity contribution in [3.63, 3.8) is 0 Å². The Hall–Kier alpha value is -1.17. The SMILES string of the molecule is CC(C(CCC(=O)O)C(=O)O)P(=O)(O)c1cccs1. The van der Waals surface area contributed by atoms with Crippen molar-refractivity contribution in [2.75, 3.05) is 0 Å². The van der Waals surface area contributed by atoms with E-state index in [1.165, 1.54) is 13.0 Å². The van der Waals surface area contributed by atoms with Gasteiger partial charge in [0.05, 0.1) is 16.2 Å². The van der Waals surface area contributed by atoms with Gasteiger partial charge in [-0.2, -0.15) is 0 Å². The third-order valence-corrected chi connectivity index (χ3v) is 6.96. The summed E-state index contributed by atoms with van der Waals surface area (Å²) in [6, 6.07) is 3.10. The lowest BCUT2D eigenvalue weighted by Crippen LogP contribution is -2.29. The minimum Gasteiger partial charge on any atom is -0.481 e.